The second-order valence-corrected chi connectivity index (χ2v) is 11.6. The van der Waals surface area contributed by atoms with Gasteiger partial charge in [-0.25, -0.2) is 8.78 Å². The van der Waals surface area contributed by atoms with Gasteiger partial charge in [0.1, 0.15) is 16.4 Å². The maximum Gasteiger partial charge on any atom is 0.136 e. The second kappa shape index (κ2) is 7.62. The summed E-state index contributed by atoms with van der Waals surface area (Å²) in [5.41, 5.74) is 0.584. The van der Waals surface area contributed by atoms with Gasteiger partial charge in [-0.2, -0.15) is 0 Å². The molecule has 27 heavy (non-hydrogen) atoms. The normalized spacial score (nSPS) is 23.8. The van der Waals surface area contributed by atoms with Gasteiger partial charge in [0.2, 0.25) is 0 Å². The number of piperidine rings is 1. The highest BCUT2D eigenvalue weighted by Gasteiger charge is 2.52. The summed E-state index contributed by atoms with van der Waals surface area (Å²) in [6, 6.07) is 2.01. The number of halogens is 2. The monoisotopic (exact) mass is 398 g/mol. The van der Waals surface area contributed by atoms with Gasteiger partial charge in [0, 0.05) is 28.9 Å². The predicted octanol–water partition coefficient (Wildman–Crippen LogP) is 4.35. The van der Waals surface area contributed by atoms with E-state index in [0.717, 1.165) is 32.5 Å². The number of hydrogen-bond donors (Lipinski definition) is 1. The summed E-state index contributed by atoms with van der Waals surface area (Å²) in [6.07, 6.45) is 2.22. The number of likely N-dealkylation sites (tertiary alicyclic amines) is 1. The molecule has 1 aliphatic heterocycles. The summed E-state index contributed by atoms with van der Waals surface area (Å²) in [5, 5.41) is 0. The van der Waals surface area contributed by atoms with Gasteiger partial charge in [0.15, 0.2) is 0 Å². The zero-order chi connectivity index (χ0) is 20.0. The van der Waals surface area contributed by atoms with Crippen molar-refractivity contribution in [3.05, 3.63) is 34.9 Å². The summed E-state index contributed by atoms with van der Waals surface area (Å²) in [4.78, 5) is 2.43. The van der Waals surface area contributed by atoms with E-state index in [1.165, 1.54) is 12.1 Å². The maximum atomic E-state index is 14.7. The van der Waals surface area contributed by atoms with E-state index in [0.29, 0.717) is 23.5 Å². The summed E-state index contributed by atoms with van der Waals surface area (Å²) in [7, 11) is 0. The van der Waals surface area contributed by atoms with Crippen LogP contribution in [0, 0.1) is 23.0 Å². The Morgan fingerprint density at radius 1 is 1.22 bits per heavy atom. The molecule has 0 radical (unpaired) electrons. The van der Waals surface area contributed by atoms with Crippen molar-refractivity contribution in [1.82, 2.24) is 9.62 Å². The summed E-state index contributed by atoms with van der Waals surface area (Å²) in [6.45, 7) is 13.0. The first-order chi connectivity index (χ1) is 12.5. The zero-order valence-corrected chi connectivity index (χ0v) is 17.9. The molecule has 0 bridgehead atoms. The Kier molecular flexibility index (Phi) is 5.93. The van der Waals surface area contributed by atoms with Crippen LogP contribution in [0.15, 0.2) is 12.1 Å². The predicted molar refractivity (Wildman–Crippen MR) is 107 cm³/mol. The van der Waals surface area contributed by atoms with Gasteiger partial charge in [-0.15, -0.1) is 4.72 Å². The van der Waals surface area contributed by atoms with Crippen LogP contribution in [-0.4, -0.2) is 33.8 Å². The minimum atomic E-state index is -1.35. The molecule has 1 aliphatic carbocycles. The number of benzene rings is 1. The molecule has 2 atom stereocenters. The molecule has 2 aliphatic rings. The van der Waals surface area contributed by atoms with E-state index in [1.807, 2.05) is 20.8 Å². The molecule has 3 rings (SSSR count). The average molecular weight is 399 g/mol. The zero-order valence-electron chi connectivity index (χ0n) is 17.1. The smallest absolute Gasteiger partial charge is 0.136 e. The lowest BCUT2D eigenvalue weighted by atomic mass is 9.73. The minimum absolute atomic E-state index is 0.278. The fourth-order valence-corrected chi connectivity index (χ4v) is 5.43. The van der Waals surface area contributed by atoms with Crippen LogP contribution >= 0.6 is 0 Å². The van der Waals surface area contributed by atoms with E-state index in [4.69, 9.17) is 0 Å². The molecule has 0 amide bonds. The molecular formula is C21H32F2N2OS. The lowest BCUT2D eigenvalue weighted by molar-refractivity contribution is 0.0764. The van der Waals surface area contributed by atoms with E-state index >= 15 is 0 Å². The Morgan fingerprint density at radius 3 is 2.37 bits per heavy atom. The quantitative estimate of drug-likeness (QED) is 0.766. The van der Waals surface area contributed by atoms with Gasteiger partial charge in [-0.05, 0) is 76.7 Å². The fraction of sp³-hybridized carbons (Fsp3) is 0.714. The van der Waals surface area contributed by atoms with Crippen LogP contribution in [-0.2, 0) is 17.8 Å². The van der Waals surface area contributed by atoms with Crippen molar-refractivity contribution < 1.29 is 13.3 Å². The Balaban J connectivity index is 1.92. The Hall–Kier alpha value is -0.690. The summed E-state index contributed by atoms with van der Waals surface area (Å²) < 4.78 is 44.8. The van der Waals surface area contributed by atoms with Crippen molar-refractivity contribution >= 4 is 11.4 Å². The molecule has 1 aromatic carbocycles. The second-order valence-electron chi connectivity index (χ2n) is 9.59. The van der Waals surface area contributed by atoms with E-state index in [1.54, 1.807) is 0 Å². The molecule has 1 N–H and O–H groups in total. The highest BCUT2D eigenvalue weighted by molar-refractivity contribution is 7.90. The molecule has 1 aromatic rings. The van der Waals surface area contributed by atoms with E-state index in [2.05, 4.69) is 23.5 Å². The topological polar surface area (TPSA) is 38.3 Å². The lowest BCUT2D eigenvalue weighted by Gasteiger charge is -2.44. The van der Waals surface area contributed by atoms with Crippen LogP contribution in [0.25, 0.3) is 0 Å². The molecule has 0 saturated carbocycles. The van der Waals surface area contributed by atoms with Gasteiger partial charge in [-0.3, -0.25) is 0 Å². The molecule has 0 aromatic heterocycles. The third kappa shape index (κ3) is 4.19. The molecule has 152 valence electrons. The third-order valence-corrected chi connectivity index (χ3v) is 7.50. The molecule has 1 heterocycles. The first-order valence-electron chi connectivity index (χ1n) is 9.91. The van der Waals surface area contributed by atoms with Crippen molar-refractivity contribution in [2.24, 2.45) is 11.3 Å². The maximum absolute atomic E-state index is 14.7. The average Bonchev–Trinajstić information content (AvgIpc) is 2.88. The first-order valence-corrected chi connectivity index (χ1v) is 11.1. The van der Waals surface area contributed by atoms with Gasteiger partial charge in [0.25, 0.3) is 0 Å². The van der Waals surface area contributed by atoms with Gasteiger partial charge < -0.3 is 9.45 Å². The van der Waals surface area contributed by atoms with Crippen LogP contribution in [0.3, 0.4) is 0 Å². The van der Waals surface area contributed by atoms with E-state index in [9.17, 15) is 13.3 Å². The number of rotatable bonds is 4. The van der Waals surface area contributed by atoms with Crippen molar-refractivity contribution in [1.29, 1.82) is 0 Å². The molecule has 1 spiro atoms. The van der Waals surface area contributed by atoms with Crippen LogP contribution in [0.1, 0.15) is 64.6 Å². The molecule has 1 unspecified atom stereocenters. The highest BCUT2D eigenvalue weighted by Crippen LogP contribution is 2.53. The van der Waals surface area contributed by atoms with E-state index in [-0.39, 0.29) is 11.2 Å². The van der Waals surface area contributed by atoms with Crippen LogP contribution in [0.4, 0.5) is 8.78 Å². The van der Waals surface area contributed by atoms with E-state index < -0.39 is 28.0 Å². The lowest BCUT2D eigenvalue weighted by Crippen LogP contribution is -2.50. The summed E-state index contributed by atoms with van der Waals surface area (Å²) >= 11 is -1.35. The standard InChI is InChI=1S/C21H32F2N2OS/c1-14(2)13-25-10-8-21(9-11-25)12-15-16(22)6-7-17(23)18(15)19(21)24-27(26)20(3,4)5/h6-7,14,19,24H,8-13H2,1-5H3/t19-,27?/m0/s1. The first kappa shape index (κ1) is 21.0. The van der Waals surface area contributed by atoms with Crippen molar-refractivity contribution in [2.45, 2.75) is 64.7 Å². The number of hydrogen-bond acceptors (Lipinski definition) is 3. The van der Waals surface area contributed by atoms with Gasteiger partial charge >= 0.3 is 0 Å². The Morgan fingerprint density at radius 2 is 1.81 bits per heavy atom. The molecule has 3 nitrogen and oxygen atoms in total. The number of nitrogens with one attached hydrogen (secondary N) is 1. The van der Waals surface area contributed by atoms with Crippen LogP contribution in [0.5, 0.6) is 0 Å². The molecule has 1 saturated heterocycles. The van der Waals surface area contributed by atoms with Crippen LogP contribution < -0.4 is 4.72 Å². The van der Waals surface area contributed by atoms with Crippen molar-refractivity contribution in [2.75, 3.05) is 19.6 Å². The van der Waals surface area contributed by atoms with Crippen molar-refractivity contribution in [3.63, 3.8) is 0 Å². The molecular weight excluding hydrogens is 366 g/mol. The minimum Gasteiger partial charge on any atom is -0.598 e. The SMILES string of the molecule is CC(C)CN1CCC2(CC1)Cc1c(F)ccc(F)c1[C@@H]2N[S+]([O-])C(C)(C)C. The van der Waals surface area contributed by atoms with Crippen molar-refractivity contribution in [3.8, 4) is 0 Å². The number of nitrogens with zero attached hydrogens (tertiary/aromatic N) is 1. The van der Waals surface area contributed by atoms with Gasteiger partial charge in [0.05, 0.1) is 6.04 Å². The summed E-state index contributed by atoms with van der Waals surface area (Å²) in [5.74, 6) is -0.144. The van der Waals surface area contributed by atoms with Gasteiger partial charge in [-0.1, -0.05) is 13.8 Å². The largest absolute Gasteiger partial charge is 0.598 e. The molecule has 6 heteroatoms. The Bertz CT molecular complexity index is 681. The fourth-order valence-electron chi connectivity index (χ4n) is 4.49. The number of fused-ring (bicyclic) bond motifs is 1. The molecule has 1 fully saturated rings. The Labute approximate surface area is 165 Å². The highest BCUT2D eigenvalue weighted by atomic mass is 32.2. The third-order valence-electron chi connectivity index (χ3n) is 5.93. The van der Waals surface area contributed by atoms with Crippen LogP contribution in [0.2, 0.25) is 0 Å².